The van der Waals surface area contributed by atoms with Crippen LogP contribution in [-0.2, 0) is 9.53 Å². The summed E-state index contributed by atoms with van der Waals surface area (Å²) in [5.74, 6) is 0.823. The average molecular weight is 234 g/mol. The average Bonchev–Trinajstić information content (AvgIpc) is 2.65. The molecule has 1 N–H and O–H groups in total. The Bertz CT molecular complexity index is 227. The van der Waals surface area contributed by atoms with Gasteiger partial charge >= 0.3 is 0 Å². The van der Waals surface area contributed by atoms with Crippen molar-refractivity contribution in [2.45, 2.75) is 45.3 Å². The van der Waals surface area contributed by atoms with Crippen molar-refractivity contribution in [2.75, 3.05) is 12.5 Å². The topological polar surface area (TPSA) is 38.3 Å². The SMILES string of the molecule is CC(CCl)C(C)NC(=O)C1(C)CCCO1. The minimum atomic E-state index is -0.625. The lowest BCUT2D eigenvalue weighted by Crippen LogP contribution is -2.49. The molecule has 0 aliphatic carbocycles. The van der Waals surface area contributed by atoms with Crippen molar-refractivity contribution >= 4 is 17.5 Å². The summed E-state index contributed by atoms with van der Waals surface area (Å²) in [7, 11) is 0. The first-order chi connectivity index (χ1) is 6.99. The van der Waals surface area contributed by atoms with Crippen LogP contribution < -0.4 is 5.32 Å². The molecular formula is C11H20ClNO2. The molecule has 3 nitrogen and oxygen atoms in total. The molecule has 15 heavy (non-hydrogen) atoms. The van der Waals surface area contributed by atoms with Gasteiger partial charge in [-0.3, -0.25) is 4.79 Å². The highest BCUT2D eigenvalue weighted by atomic mass is 35.5. The normalized spacial score (nSPS) is 29.9. The van der Waals surface area contributed by atoms with E-state index in [4.69, 9.17) is 16.3 Å². The summed E-state index contributed by atoms with van der Waals surface area (Å²) in [5, 5.41) is 2.96. The van der Waals surface area contributed by atoms with Crippen LogP contribution >= 0.6 is 11.6 Å². The molecule has 0 bridgehead atoms. The van der Waals surface area contributed by atoms with Crippen LogP contribution in [0, 0.1) is 5.92 Å². The molecule has 88 valence electrons. The standard InChI is InChI=1S/C11H20ClNO2/c1-8(7-12)9(2)13-10(14)11(3)5-4-6-15-11/h8-9H,4-7H2,1-3H3,(H,13,14). The predicted molar refractivity (Wildman–Crippen MR) is 61.1 cm³/mol. The molecule has 4 heteroatoms. The number of alkyl halides is 1. The first kappa shape index (κ1) is 12.8. The minimum Gasteiger partial charge on any atom is -0.365 e. The summed E-state index contributed by atoms with van der Waals surface area (Å²) >= 11 is 5.74. The summed E-state index contributed by atoms with van der Waals surface area (Å²) in [6, 6.07) is 0.0935. The number of ether oxygens (including phenoxy) is 1. The number of nitrogens with one attached hydrogen (secondary N) is 1. The van der Waals surface area contributed by atoms with Gasteiger partial charge < -0.3 is 10.1 Å². The quantitative estimate of drug-likeness (QED) is 0.754. The first-order valence-electron chi connectivity index (χ1n) is 5.50. The van der Waals surface area contributed by atoms with Crippen LogP contribution in [0.2, 0.25) is 0 Å². The van der Waals surface area contributed by atoms with Crippen molar-refractivity contribution in [3.8, 4) is 0 Å². The molecule has 1 heterocycles. The molecule has 1 aliphatic rings. The monoisotopic (exact) mass is 233 g/mol. The van der Waals surface area contributed by atoms with E-state index < -0.39 is 5.60 Å². The molecule has 0 aromatic carbocycles. The van der Waals surface area contributed by atoms with Gasteiger partial charge in [-0.15, -0.1) is 11.6 Å². The Labute approximate surface area is 96.5 Å². The summed E-state index contributed by atoms with van der Waals surface area (Å²) in [5.41, 5.74) is -0.625. The molecule has 1 amide bonds. The van der Waals surface area contributed by atoms with E-state index in [1.165, 1.54) is 0 Å². The third-order valence-corrected chi connectivity index (χ3v) is 3.64. The fourth-order valence-corrected chi connectivity index (χ4v) is 1.86. The molecule has 1 fully saturated rings. The molecule has 0 radical (unpaired) electrons. The zero-order valence-electron chi connectivity index (χ0n) is 9.68. The minimum absolute atomic E-state index is 0.00975. The van der Waals surface area contributed by atoms with E-state index in [0.29, 0.717) is 12.5 Å². The van der Waals surface area contributed by atoms with E-state index in [-0.39, 0.29) is 17.9 Å². The summed E-state index contributed by atoms with van der Waals surface area (Å²) in [6.45, 7) is 6.54. The number of carbonyl (C=O) groups is 1. The van der Waals surface area contributed by atoms with E-state index in [1.807, 2.05) is 20.8 Å². The van der Waals surface area contributed by atoms with Crippen molar-refractivity contribution in [2.24, 2.45) is 5.92 Å². The summed E-state index contributed by atoms with van der Waals surface area (Å²) in [6.07, 6.45) is 1.77. The Balaban J connectivity index is 2.47. The Kier molecular flexibility index (Phi) is 4.41. The third kappa shape index (κ3) is 3.08. The molecular weight excluding hydrogens is 214 g/mol. The second kappa shape index (κ2) is 5.17. The van der Waals surface area contributed by atoms with E-state index in [1.54, 1.807) is 0 Å². The first-order valence-corrected chi connectivity index (χ1v) is 6.04. The molecule has 3 atom stereocenters. The number of carbonyl (C=O) groups excluding carboxylic acids is 1. The predicted octanol–water partition coefficient (Wildman–Crippen LogP) is 1.94. The molecule has 1 aliphatic heterocycles. The zero-order chi connectivity index (χ0) is 11.5. The number of amides is 1. The van der Waals surface area contributed by atoms with Gasteiger partial charge in [0.1, 0.15) is 5.60 Å². The molecule has 0 spiro atoms. The third-order valence-electron chi connectivity index (χ3n) is 3.15. The highest BCUT2D eigenvalue weighted by Crippen LogP contribution is 2.25. The Morgan fingerprint density at radius 3 is 2.73 bits per heavy atom. The maximum atomic E-state index is 11.9. The lowest BCUT2D eigenvalue weighted by Gasteiger charge is -2.26. The van der Waals surface area contributed by atoms with E-state index >= 15 is 0 Å². The van der Waals surface area contributed by atoms with Gasteiger partial charge in [0.2, 0.25) is 0 Å². The van der Waals surface area contributed by atoms with E-state index in [2.05, 4.69) is 5.32 Å². The molecule has 0 saturated carbocycles. The van der Waals surface area contributed by atoms with Gasteiger partial charge in [0.05, 0.1) is 0 Å². The van der Waals surface area contributed by atoms with Crippen LogP contribution in [0.3, 0.4) is 0 Å². The largest absolute Gasteiger partial charge is 0.365 e. The molecule has 0 aromatic heterocycles. The van der Waals surface area contributed by atoms with E-state index in [0.717, 1.165) is 12.8 Å². The van der Waals surface area contributed by atoms with Crippen LogP contribution in [-0.4, -0.2) is 30.0 Å². The lowest BCUT2D eigenvalue weighted by molar-refractivity contribution is -0.140. The van der Waals surface area contributed by atoms with Crippen molar-refractivity contribution < 1.29 is 9.53 Å². The van der Waals surface area contributed by atoms with Crippen molar-refractivity contribution in [1.82, 2.24) is 5.32 Å². The van der Waals surface area contributed by atoms with Gasteiger partial charge in [-0.05, 0) is 32.6 Å². The zero-order valence-corrected chi connectivity index (χ0v) is 10.4. The highest BCUT2D eigenvalue weighted by molar-refractivity contribution is 6.18. The highest BCUT2D eigenvalue weighted by Gasteiger charge is 2.38. The molecule has 3 unspecified atom stereocenters. The maximum absolute atomic E-state index is 11.9. The molecule has 1 saturated heterocycles. The van der Waals surface area contributed by atoms with Gasteiger partial charge in [0, 0.05) is 18.5 Å². The second-order valence-corrected chi connectivity index (χ2v) is 4.89. The van der Waals surface area contributed by atoms with Gasteiger partial charge in [-0.2, -0.15) is 0 Å². The van der Waals surface area contributed by atoms with Gasteiger partial charge in [0.15, 0.2) is 0 Å². The van der Waals surface area contributed by atoms with Crippen molar-refractivity contribution in [1.29, 1.82) is 0 Å². The Morgan fingerprint density at radius 2 is 2.27 bits per heavy atom. The van der Waals surface area contributed by atoms with Gasteiger partial charge in [0.25, 0.3) is 5.91 Å². The van der Waals surface area contributed by atoms with Crippen LogP contribution in [0.5, 0.6) is 0 Å². The van der Waals surface area contributed by atoms with Crippen LogP contribution in [0.1, 0.15) is 33.6 Å². The fourth-order valence-electron chi connectivity index (χ4n) is 1.59. The number of halogens is 1. The molecule has 0 aromatic rings. The van der Waals surface area contributed by atoms with Gasteiger partial charge in [-0.25, -0.2) is 0 Å². The second-order valence-electron chi connectivity index (χ2n) is 4.58. The summed E-state index contributed by atoms with van der Waals surface area (Å²) in [4.78, 5) is 11.9. The smallest absolute Gasteiger partial charge is 0.252 e. The fraction of sp³-hybridized carbons (Fsp3) is 0.909. The van der Waals surface area contributed by atoms with E-state index in [9.17, 15) is 4.79 Å². The molecule has 1 rings (SSSR count). The summed E-state index contributed by atoms with van der Waals surface area (Å²) < 4.78 is 5.47. The number of hydrogen-bond donors (Lipinski definition) is 1. The van der Waals surface area contributed by atoms with Crippen LogP contribution in [0.25, 0.3) is 0 Å². The van der Waals surface area contributed by atoms with Crippen molar-refractivity contribution in [3.05, 3.63) is 0 Å². The number of rotatable bonds is 4. The van der Waals surface area contributed by atoms with Crippen LogP contribution in [0.15, 0.2) is 0 Å². The number of hydrogen-bond acceptors (Lipinski definition) is 2. The van der Waals surface area contributed by atoms with Crippen LogP contribution in [0.4, 0.5) is 0 Å². The Hall–Kier alpha value is -0.280. The lowest BCUT2D eigenvalue weighted by atomic mass is 9.99. The van der Waals surface area contributed by atoms with Gasteiger partial charge in [-0.1, -0.05) is 6.92 Å². The van der Waals surface area contributed by atoms with Crippen molar-refractivity contribution in [3.63, 3.8) is 0 Å². The maximum Gasteiger partial charge on any atom is 0.252 e. The Morgan fingerprint density at radius 1 is 1.60 bits per heavy atom.